The van der Waals surface area contributed by atoms with Gasteiger partial charge in [-0.05, 0) is 42.7 Å². The van der Waals surface area contributed by atoms with E-state index in [0.717, 1.165) is 5.56 Å². The summed E-state index contributed by atoms with van der Waals surface area (Å²) >= 11 is 0. The van der Waals surface area contributed by atoms with Crippen LogP contribution in [0.5, 0.6) is 5.75 Å². The van der Waals surface area contributed by atoms with Crippen molar-refractivity contribution in [2.45, 2.75) is 26.7 Å². The van der Waals surface area contributed by atoms with E-state index < -0.39 is 11.9 Å². The lowest BCUT2D eigenvalue weighted by Gasteiger charge is -2.11. The molecule has 0 aromatic heterocycles. The number of nitrogens with one attached hydrogen (secondary N) is 1. The van der Waals surface area contributed by atoms with E-state index in [1.165, 1.54) is 0 Å². The average molecular weight is 341 g/mol. The largest absolute Gasteiger partial charge is 0.492 e. The molecule has 0 radical (unpaired) electrons. The highest BCUT2D eigenvalue weighted by Crippen LogP contribution is 2.23. The molecule has 0 bridgehead atoms. The SMILES string of the molecule is CCOc1ccccc1NC(=O)COC(=O)c1ccc(C(C)C)cc1. The molecule has 0 saturated heterocycles. The smallest absolute Gasteiger partial charge is 0.338 e. The third-order valence-corrected chi connectivity index (χ3v) is 3.61. The highest BCUT2D eigenvalue weighted by molar-refractivity contribution is 5.96. The first kappa shape index (κ1) is 18.5. The minimum Gasteiger partial charge on any atom is -0.492 e. The van der Waals surface area contributed by atoms with E-state index in [2.05, 4.69) is 19.2 Å². The zero-order chi connectivity index (χ0) is 18.2. The fourth-order valence-corrected chi connectivity index (χ4v) is 2.26. The molecule has 0 atom stereocenters. The normalized spacial score (nSPS) is 10.4. The number of carbonyl (C=O) groups is 2. The quantitative estimate of drug-likeness (QED) is 0.773. The van der Waals surface area contributed by atoms with E-state index >= 15 is 0 Å². The highest BCUT2D eigenvalue weighted by atomic mass is 16.5. The Morgan fingerprint density at radius 2 is 1.72 bits per heavy atom. The van der Waals surface area contributed by atoms with Gasteiger partial charge in [-0.25, -0.2) is 4.79 Å². The number of hydrogen-bond acceptors (Lipinski definition) is 4. The standard InChI is InChI=1S/C20H23NO4/c1-4-24-18-8-6-5-7-17(18)21-19(22)13-25-20(23)16-11-9-15(10-12-16)14(2)3/h5-12,14H,4,13H2,1-3H3,(H,21,22). The number of amides is 1. The van der Waals surface area contributed by atoms with Crippen molar-refractivity contribution in [2.75, 3.05) is 18.5 Å². The first-order chi connectivity index (χ1) is 12.0. The molecule has 0 aliphatic rings. The maximum absolute atomic E-state index is 12.0. The summed E-state index contributed by atoms with van der Waals surface area (Å²) in [7, 11) is 0. The van der Waals surface area contributed by atoms with Gasteiger partial charge in [0.2, 0.25) is 0 Å². The summed E-state index contributed by atoms with van der Waals surface area (Å²) in [5.41, 5.74) is 2.11. The fourth-order valence-electron chi connectivity index (χ4n) is 2.26. The Morgan fingerprint density at radius 3 is 2.36 bits per heavy atom. The van der Waals surface area contributed by atoms with Crippen molar-refractivity contribution >= 4 is 17.6 Å². The lowest BCUT2D eigenvalue weighted by molar-refractivity contribution is -0.119. The summed E-state index contributed by atoms with van der Waals surface area (Å²) in [6.07, 6.45) is 0. The van der Waals surface area contributed by atoms with E-state index in [1.54, 1.807) is 30.3 Å². The van der Waals surface area contributed by atoms with Crippen LogP contribution in [0.1, 0.15) is 42.6 Å². The van der Waals surface area contributed by atoms with Crippen molar-refractivity contribution in [2.24, 2.45) is 0 Å². The third-order valence-electron chi connectivity index (χ3n) is 3.61. The molecular weight excluding hydrogens is 318 g/mol. The maximum atomic E-state index is 12.0. The van der Waals surface area contributed by atoms with Crippen molar-refractivity contribution in [3.05, 3.63) is 59.7 Å². The molecule has 1 N–H and O–H groups in total. The summed E-state index contributed by atoms with van der Waals surface area (Å²) < 4.78 is 10.5. The number of para-hydroxylation sites is 2. The van der Waals surface area contributed by atoms with Gasteiger partial charge in [0.25, 0.3) is 5.91 Å². The first-order valence-corrected chi connectivity index (χ1v) is 8.30. The van der Waals surface area contributed by atoms with Gasteiger partial charge in [0.15, 0.2) is 6.61 Å². The molecular formula is C20H23NO4. The zero-order valence-corrected chi connectivity index (χ0v) is 14.7. The number of rotatable bonds is 7. The van der Waals surface area contributed by atoms with E-state index in [1.807, 2.05) is 25.1 Å². The molecule has 5 nitrogen and oxygen atoms in total. The van der Waals surface area contributed by atoms with E-state index in [-0.39, 0.29) is 6.61 Å². The van der Waals surface area contributed by atoms with Gasteiger partial charge in [0.05, 0.1) is 17.9 Å². The average Bonchev–Trinajstić information content (AvgIpc) is 2.61. The van der Waals surface area contributed by atoms with Gasteiger partial charge in [0, 0.05) is 0 Å². The van der Waals surface area contributed by atoms with Gasteiger partial charge in [-0.3, -0.25) is 4.79 Å². The van der Waals surface area contributed by atoms with Crippen LogP contribution in [0.25, 0.3) is 0 Å². The van der Waals surface area contributed by atoms with Gasteiger partial charge in [-0.1, -0.05) is 38.1 Å². The summed E-state index contributed by atoms with van der Waals surface area (Å²) in [4.78, 5) is 24.0. The molecule has 0 fully saturated rings. The second-order valence-electron chi connectivity index (χ2n) is 5.83. The molecule has 0 aliphatic heterocycles. The van der Waals surface area contributed by atoms with Gasteiger partial charge in [-0.2, -0.15) is 0 Å². The molecule has 0 aliphatic carbocycles. The van der Waals surface area contributed by atoms with Gasteiger partial charge >= 0.3 is 5.97 Å². The molecule has 2 aromatic carbocycles. The monoisotopic (exact) mass is 341 g/mol. The number of ether oxygens (including phenoxy) is 2. The minimum absolute atomic E-state index is 0.356. The fraction of sp³-hybridized carbons (Fsp3) is 0.300. The molecule has 2 aromatic rings. The van der Waals surface area contributed by atoms with Gasteiger partial charge in [-0.15, -0.1) is 0 Å². The molecule has 132 valence electrons. The second-order valence-corrected chi connectivity index (χ2v) is 5.83. The Labute approximate surface area is 148 Å². The van der Waals surface area contributed by atoms with Crippen molar-refractivity contribution in [1.82, 2.24) is 0 Å². The lowest BCUT2D eigenvalue weighted by atomic mass is 10.0. The predicted molar refractivity (Wildman–Crippen MR) is 97.1 cm³/mol. The Kier molecular flexibility index (Phi) is 6.57. The van der Waals surface area contributed by atoms with Crippen molar-refractivity contribution in [3.63, 3.8) is 0 Å². The molecule has 5 heteroatoms. The predicted octanol–water partition coefficient (Wildman–Crippen LogP) is 4.00. The van der Waals surface area contributed by atoms with E-state index in [4.69, 9.17) is 9.47 Å². The summed E-state index contributed by atoms with van der Waals surface area (Å²) in [5, 5.41) is 2.69. The topological polar surface area (TPSA) is 64.6 Å². The maximum Gasteiger partial charge on any atom is 0.338 e. The highest BCUT2D eigenvalue weighted by Gasteiger charge is 2.12. The van der Waals surface area contributed by atoms with E-state index in [9.17, 15) is 9.59 Å². The first-order valence-electron chi connectivity index (χ1n) is 8.30. The van der Waals surface area contributed by atoms with Crippen LogP contribution in [-0.4, -0.2) is 25.1 Å². The van der Waals surface area contributed by atoms with Gasteiger partial charge < -0.3 is 14.8 Å². The molecule has 0 spiro atoms. The Balaban J connectivity index is 1.90. The number of esters is 1. The van der Waals surface area contributed by atoms with Crippen LogP contribution >= 0.6 is 0 Å². The van der Waals surface area contributed by atoms with Crippen molar-refractivity contribution in [1.29, 1.82) is 0 Å². The van der Waals surface area contributed by atoms with Crippen LogP contribution in [0.2, 0.25) is 0 Å². The summed E-state index contributed by atoms with van der Waals surface area (Å²) in [6, 6.07) is 14.3. The molecule has 2 rings (SSSR count). The van der Waals surface area contributed by atoms with Crippen molar-refractivity contribution < 1.29 is 19.1 Å². The molecule has 25 heavy (non-hydrogen) atoms. The Bertz CT molecular complexity index is 723. The van der Waals surface area contributed by atoms with Crippen LogP contribution in [0.3, 0.4) is 0 Å². The Morgan fingerprint density at radius 1 is 1.04 bits per heavy atom. The molecule has 0 heterocycles. The Hall–Kier alpha value is -2.82. The van der Waals surface area contributed by atoms with Gasteiger partial charge in [0.1, 0.15) is 5.75 Å². The minimum atomic E-state index is -0.524. The van der Waals surface area contributed by atoms with Crippen LogP contribution in [0.4, 0.5) is 5.69 Å². The second kappa shape index (κ2) is 8.87. The van der Waals surface area contributed by atoms with Crippen LogP contribution < -0.4 is 10.1 Å². The third kappa shape index (κ3) is 5.35. The number of anilines is 1. The summed E-state index contributed by atoms with van der Waals surface area (Å²) in [6.45, 7) is 6.17. The molecule has 1 amide bonds. The van der Waals surface area contributed by atoms with Crippen LogP contribution in [0, 0.1) is 0 Å². The van der Waals surface area contributed by atoms with Crippen molar-refractivity contribution in [3.8, 4) is 5.75 Å². The van der Waals surface area contributed by atoms with Crippen LogP contribution in [0.15, 0.2) is 48.5 Å². The zero-order valence-electron chi connectivity index (χ0n) is 14.7. The number of hydrogen-bond donors (Lipinski definition) is 1. The number of benzene rings is 2. The number of carbonyl (C=O) groups excluding carboxylic acids is 2. The van der Waals surface area contributed by atoms with Crippen LogP contribution in [-0.2, 0) is 9.53 Å². The van der Waals surface area contributed by atoms with E-state index in [0.29, 0.717) is 29.5 Å². The summed E-state index contributed by atoms with van der Waals surface area (Å²) in [5.74, 6) is 0.0260. The molecule has 0 saturated carbocycles. The molecule has 0 unspecified atom stereocenters. The lowest BCUT2D eigenvalue weighted by Crippen LogP contribution is -2.21.